The Hall–Kier alpha value is -1.11. The third-order valence-electron chi connectivity index (χ3n) is 1.33. The Balaban J connectivity index is 2.87. The first-order chi connectivity index (χ1) is 6.80. The molecule has 0 heterocycles. The molecule has 0 fully saturated rings. The molecule has 2 nitrogen and oxygen atoms in total. The molecule has 7 heteroatoms. The zero-order valence-electron chi connectivity index (χ0n) is 6.94. The van der Waals surface area contributed by atoms with Crippen LogP contribution in [-0.2, 0) is 4.79 Å². The number of halogens is 5. The van der Waals surface area contributed by atoms with Gasteiger partial charge in [0.2, 0.25) is 0 Å². The standard InChI is InChI=1S/C8H3BrF4O2/c9-4-1-2-6(5(10)3-4)15-7(14)8(11,12)13/h1-3H. The average Bonchev–Trinajstić information content (AvgIpc) is 2.08. The molecule has 1 aromatic carbocycles. The molecule has 1 rings (SSSR count). The second-order valence-corrected chi connectivity index (χ2v) is 3.38. The maximum atomic E-state index is 12.9. The molecule has 15 heavy (non-hydrogen) atoms. The largest absolute Gasteiger partial charge is 0.491 e. The van der Waals surface area contributed by atoms with E-state index in [0.717, 1.165) is 12.1 Å². The lowest BCUT2D eigenvalue weighted by molar-refractivity contribution is -0.189. The number of alkyl halides is 3. The summed E-state index contributed by atoms with van der Waals surface area (Å²) in [6, 6.07) is 3.06. The molecule has 0 aliphatic rings. The van der Waals surface area contributed by atoms with Crippen LogP contribution >= 0.6 is 15.9 Å². The van der Waals surface area contributed by atoms with Crippen molar-refractivity contribution in [3.63, 3.8) is 0 Å². The van der Waals surface area contributed by atoms with Crippen LogP contribution in [0.15, 0.2) is 22.7 Å². The van der Waals surface area contributed by atoms with E-state index < -0.39 is 23.7 Å². The topological polar surface area (TPSA) is 26.3 Å². The van der Waals surface area contributed by atoms with Gasteiger partial charge < -0.3 is 4.74 Å². The lowest BCUT2D eigenvalue weighted by Crippen LogP contribution is -2.28. The first-order valence-corrected chi connectivity index (χ1v) is 4.34. The minimum absolute atomic E-state index is 0.326. The van der Waals surface area contributed by atoms with Crippen LogP contribution in [0.2, 0.25) is 0 Å². The minimum atomic E-state index is -5.14. The summed E-state index contributed by atoms with van der Waals surface area (Å²) < 4.78 is 52.3. The molecule has 0 unspecified atom stereocenters. The summed E-state index contributed by atoms with van der Waals surface area (Å²) in [5.41, 5.74) is 0. The highest BCUT2D eigenvalue weighted by atomic mass is 79.9. The highest BCUT2D eigenvalue weighted by Crippen LogP contribution is 2.24. The van der Waals surface area contributed by atoms with Crippen molar-refractivity contribution in [2.45, 2.75) is 6.18 Å². The number of hydrogen-bond donors (Lipinski definition) is 0. The van der Waals surface area contributed by atoms with Gasteiger partial charge in [0.05, 0.1) is 0 Å². The first kappa shape index (κ1) is 12.0. The van der Waals surface area contributed by atoms with Gasteiger partial charge >= 0.3 is 12.1 Å². The predicted octanol–water partition coefficient (Wildman–Crippen LogP) is 3.06. The highest BCUT2D eigenvalue weighted by molar-refractivity contribution is 9.10. The lowest BCUT2D eigenvalue weighted by Gasteiger charge is -2.07. The maximum Gasteiger partial charge on any atom is 0.491 e. The molecule has 0 aliphatic heterocycles. The molecule has 0 saturated carbocycles. The maximum absolute atomic E-state index is 12.9. The Kier molecular flexibility index (Phi) is 3.33. The second kappa shape index (κ2) is 4.18. The van der Waals surface area contributed by atoms with Crippen molar-refractivity contribution in [3.05, 3.63) is 28.5 Å². The molecule has 0 radical (unpaired) electrons. The molecule has 0 aromatic heterocycles. The molecule has 1 aromatic rings. The van der Waals surface area contributed by atoms with Gasteiger partial charge in [0.1, 0.15) is 0 Å². The highest BCUT2D eigenvalue weighted by Gasteiger charge is 2.41. The minimum Gasteiger partial charge on any atom is -0.417 e. The summed E-state index contributed by atoms with van der Waals surface area (Å²) in [4.78, 5) is 10.3. The zero-order chi connectivity index (χ0) is 11.6. The van der Waals surface area contributed by atoms with Crippen molar-refractivity contribution >= 4 is 21.9 Å². The van der Waals surface area contributed by atoms with Gasteiger partial charge in [-0.05, 0) is 18.2 Å². The van der Waals surface area contributed by atoms with E-state index in [2.05, 4.69) is 20.7 Å². The fourth-order valence-electron chi connectivity index (χ4n) is 0.716. The van der Waals surface area contributed by atoms with E-state index in [1.54, 1.807) is 0 Å². The lowest BCUT2D eigenvalue weighted by atomic mass is 10.3. The van der Waals surface area contributed by atoms with E-state index in [4.69, 9.17) is 0 Å². The molecular formula is C8H3BrF4O2. The molecule has 0 amide bonds. The van der Waals surface area contributed by atoms with Gasteiger partial charge in [0, 0.05) is 4.47 Å². The Bertz CT molecular complexity index is 389. The smallest absolute Gasteiger partial charge is 0.417 e. The van der Waals surface area contributed by atoms with Crippen LogP contribution < -0.4 is 4.74 Å². The molecule has 82 valence electrons. The van der Waals surface area contributed by atoms with E-state index in [-0.39, 0.29) is 0 Å². The number of esters is 1. The van der Waals surface area contributed by atoms with Crippen molar-refractivity contribution in [2.75, 3.05) is 0 Å². The number of carbonyl (C=O) groups is 1. The zero-order valence-corrected chi connectivity index (χ0v) is 8.52. The van der Waals surface area contributed by atoms with E-state index in [1.165, 1.54) is 6.07 Å². The number of hydrogen-bond acceptors (Lipinski definition) is 2. The first-order valence-electron chi connectivity index (χ1n) is 3.55. The van der Waals surface area contributed by atoms with Crippen LogP contribution in [0.4, 0.5) is 17.6 Å². The third-order valence-corrected chi connectivity index (χ3v) is 1.82. The van der Waals surface area contributed by atoms with E-state index in [0.29, 0.717) is 4.47 Å². The van der Waals surface area contributed by atoms with Crippen LogP contribution in [0, 0.1) is 5.82 Å². The van der Waals surface area contributed by atoms with Crippen LogP contribution in [0.25, 0.3) is 0 Å². The van der Waals surface area contributed by atoms with E-state index in [9.17, 15) is 22.4 Å². The fraction of sp³-hybridized carbons (Fsp3) is 0.125. The normalized spacial score (nSPS) is 11.3. The van der Waals surface area contributed by atoms with Gasteiger partial charge in [-0.15, -0.1) is 0 Å². The number of rotatable bonds is 1. The Labute approximate surface area is 90.0 Å². The van der Waals surface area contributed by atoms with Crippen LogP contribution in [0.5, 0.6) is 5.75 Å². The Morgan fingerprint density at radius 2 is 1.93 bits per heavy atom. The molecule has 0 N–H and O–H groups in total. The number of ether oxygens (including phenoxy) is 1. The van der Waals surface area contributed by atoms with E-state index >= 15 is 0 Å². The second-order valence-electron chi connectivity index (χ2n) is 2.46. The summed E-state index contributed by atoms with van der Waals surface area (Å²) in [5.74, 6) is -4.27. The van der Waals surface area contributed by atoms with Crippen LogP contribution in [-0.4, -0.2) is 12.1 Å². The van der Waals surface area contributed by atoms with Crippen molar-refractivity contribution in [2.24, 2.45) is 0 Å². The Morgan fingerprint density at radius 1 is 1.33 bits per heavy atom. The third kappa shape index (κ3) is 3.19. The molecule has 0 aliphatic carbocycles. The van der Waals surface area contributed by atoms with Gasteiger partial charge in [-0.25, -0.2) is 9.18 Å². The Morgan fingerprint density at radius 3 is 2.40 bits per heavy atom. The summed E-state index contributed by atoms with van der Waals surface area (Å²) >= 11 is 2.90. The van der Waals surface area contributed by atoms with Gasteiger partial charge in [-0.1, -0.05) is 15.9 Å². The molecule has 0 spiro atoms. The average molecular weight is 287 g/mol. The quantitative estimate of drug-likeness (QED) is 0.451. The van der Waals surface area contributed by atoms with E-state index in [1.807, 2.05) is 0 Å². The van der Waals surface area contributed by atoms with Crippen molar-refractivity contribution in [1.29, 1.82) is 0 Å². The molecule has 0 atom stereocenters. The summed E-state index contributed by atoms with van der Waals surface area (Å²) in [5, 5.41) is 0. The van der Waals surface area contributed by atoms with Crippen molar-refractivity contribution in [3.8, 4) is 5.75 Å². The molecule has 0 bridgehead atoms. The van der Waals surface area contributed by atoms with Gasteiger partial charge in [0.15, 0.2) is 11.6 Å². The molecular weight excluding hydrogens is 284 g/mol. The van der Waals surface area contributed by atoms with Gasteiger partial charge in [0.25, 0.3) is 0 Å². The van der Waals surface area contributed by atoms with Crippen molar-refractivity contribution < 1.29 is 27.1 Å². The van der Waals surface area contributed by atoms with Gasteiger partial charge in [-0.3, -0.25) is 0 Å². The van der Waals surface area contributed by atoms with Gasteiger partial charge in [-0.2, -0.15) is 13.2 Å². The van der Waals surface area contributed by atoms with Crippen LogP contribution in [0.1, 0.15) is 0 Å². The monoisotopic (exact) mass is 286 g/mol. The summed E-state index contributed by atoms with van der Waals surface area (Å²) in [6.07, 6.45) is -5.14. The SMILES string of the molecule is O=C(Oc1ccc(Br)cc1F)C(F)(F)F. The molecule has 0 saturated heterocycles. The number of benzene rings is 1. The summed E-state index contributed by atoms with van der Waals surface area (Å²) in [7, 11) is 0. The predicted molar refractivity (Wildman–Crippen MR) is 45.8 cm³/mol. The van der Waals surface area contributed by atoms with Crippen LogP contribution in [0.3, 0.4) is 0 Å². The fourth-order valence-corrected chi connectivity index (χ4v) is 1.05. The van der Waals surface area contributed by atoms with Crippen molar-refractivity contribution in [1.82, 2.24) is 0 Å². The summed E-state index contributed by atoms with van der Waals surface area (Å²) in [6.45, 7) is 0. The number of carbonyl (C=O) groups excluding carboxylic acids is 1.